The van der Waals surface area contributed by atoms with E-state index in [0.29, 0.717) is 0 Å². The van der Waals surface area contributed by atoms with E-state index in [-0.39, 0.29) is 89.1 Å². The zero-order chi connectivity index (χ0) is 41.5. The van der Waals surface area contributed by atoms with Crippen molar-refractivity contribution in [2.75, 3.05) is 24.7 Å². The van der Waals surface area contributed by atoms with Gasteiger partial charge in [0, 0.05) is 158 Å². The highest BCUT2D eigenvalue weighted by Gasteiger charge is 2.12. The molecule has 0 unspecified atom stereocenters. The molecule has 0 bridgehead atoms. The fourth-order valence-corrected chi connectivity index (χ4v) is 6.26. The lowest BCUT2D eigenvalue weighted by Crippen LogP contribution is -2.69. The van der Waals surface area contributed by atoms with Crippen molar-refractivity contribution in [2.24, 2.45) is 0 Å². The van der Waals surface area contributed by atoms with Crippen LogP contribution in [0.3, 0.4) is 0 Å². The van der Waals surface area contributed by atoms with Crippen LogP contribution >= 0.6 is 0 Å². The minimum Gasteiger partial charge on any atom is -0.388 e. The van der Waals surface area contributed by atoms with E-state index in [2.05, 4.69) is 249 Å². The average Bonchev–Trinajstić information content (AvgIpc) is 3.29. The Labute approximate surface area is 440 Å². The molecule has 390 valence electrons. The molecular weight excluding hydrogens is 881 g/mol. The molecule has 3 aliphatic carbocycles. The van der Waals surface area contributed by atoms with Gasteiger partial charge in [-0.2, -0.15) is 0 Å². The molecule has 8 rings (SSSR count). The standard InChI is InChI=1S/C26H24N4.C26H22N4.6CH4.6CH3/c2*1-19-3-5-21(6-4-19)28-23-11-13-25(14-12-23)30-26-17-15-24(16-18-26)29-22-9-7-20(27-2)8-10-22;;;;;;;;;;;;/h3-18,27,29H,1-2H3;3-18H,1-2H3;6*1H4;6*1H3/q;;;;;;;;6*-1/p+6. The molecule has 0 aliphatic heterocycles. The molecule has 0 saturated heterocycles. The van der Waals surface area contributed by atoms with Crippen molar-refractivity contribution in [1.82, 2.24) is 0 Å². The Hall–Kier alpha value is -7.84. The molecule has 72 heavy (non-hydrogen) atoms. The van der Waals surface area contributed by atoms with Gasteiger partial charge in [0.15, 0.2) is 5.71 Å². The number of anilines is 3. The maximum absolute atomic E-state index is 3.44. The fourth-order valence-electron chi connectivity index (χ4n) is 6.26. The van der Waals surface area contributed by atoms with Gasteiger partial charge in [0.2, 0.25) is 57.0 Å². The summed E-state index contributed by atoms with van der Waals surface area (Å²) >= 11 is 0. The molecule has 5 aromatic rings. The van der Waals surface area contributed by atoms with E-state index in [1.54, 1.807) is 0 Å². The van der Waals surface area contributed by atoms with Gasteiger partial charge in [0.25, 0.3) is 0 Å². The van der Waals surface area contributed by atoms with Gasteiger partial charge < -0.3 is 55.2 Å². The molecule has 3 aliphatic rings. The zero-order valence-corrected chi connectivity index (χ0v) is 40.5. The van der Waals surface area contributed by atoms with Crippen LogP contribution in [0.1, 0.15) is 55.7 Å². The third-order valence-corrected chi connectivity index (χ3v) is 9.72. The lowest BCUT2D eigenvalue weighted by atomic mass is 10.1. The summed E-state index contributed by atoms with van der Waals surface area (Å²) in [5, 5.41) is 6.54. The highest BCUT2D eigenvalue weighted by atomic mass is 14.9. The van der Waals surface area contributed by atoms with Crippen molar-refractivity contribution in [1.29, 1.82) is 0 Å². The van der Waals surface area contributed by atoms with Gasteiger partial charge in [-0.25, -0.2) is 30.0 Å². The maximum atomic E-state index is 3.44. The van der Waals surface area contributed by atoms with Crippen LogP contribution in [0.5, 0.6) is 0 Å². The predicted molar refractivity (Wildman–Crippen MR) is 328 cm³/mol. The van der Waals surface area contributed by atoms with Crippen molar-refractivity contribution >= 4 is 79.8 Å². The van der Waals surface area contributed by atoms with E-state index in [1.165, 1.54) is 11.1 Å². The van der Waals surface area contributed by atoms with E-state index in [4.69, 9.17) is 0 Å². The molecular formula is C64H94N8. The smallest absolute Gasteiger partial charge is 0.204 e. The molecule has 8 heteroatoms. The summed E-state index contributed by atoms with van der Waals surface area (Å²) in [6.07, 6.45) is 24.8. The highest BCUT2D eigenvalue weighted by molar-refractivity contribution is 6.16. The molecule has 0 fully saturated rings. The van der Waals surface area contributed by atoms with Crippen LogP contribution in [-0.2, 0) is 0 Å². The monoisotopic (exact) mass is 975 g/mol. The first-order valence-electron chi connectivity index (χ1n) is 20.1. The Kier molecular flexibility index (Phi) is 39.9. The summed E-state index contributed by atoms with van der Waals surface area (Å²) in [5.41, 5.74) is 17.4. The average molecular weight is 976 g/mol. The van der Waals surface area contributed by atoms with Crippen LogP contribution in [0.15, 0.2) is 194 Å². The van der Waals surface area contributed by atoms with Gasteiger partial charge in [0.05, 0.1) is 0 Å². The van der Waals surface area contributed by atoms with E-state index >= 15 is 0 Å². The summed E-state index contributed by atoms with van der Waals surface area (Å²) < 4.78 is 0. The third-order valence-electron chi connectivity index (χ3n) is 9.72. The van der Waals surface area contributed by atoms with E-state index in [0.717, 1.165) is 79.8 Å². The molecule has 0 atom stereocenters. The first-order chi connectivity index (χ1) is 29.3. The van der Waals surface area contributed by atoms with Crippen LogP contribution in [0.25, 0.3) is 0 Å². The summed E-state index contributed by atoms with van der Waals surface area (Å²) in [5.74, 6) is 0. The van der Waals surface area contributed by atoms with Gasteiger partial charge in [-0.1, -0.05) is 80.0 Å². The lowest BCUT2D eigenvalue weighted by molar-refractivity contribution is -0.417. The number of hydrogen-bond acceptors (Lipinski definition) is 2. The SMILES string of the molecule is C.C.C.C.C.C.CNc1ccc(Nc2ccc([NH+]=C3C=CC(=[NH+]c4ccc(C)cc4)C=C3)cc2)cc1.C[NH+]=C1C=CC(=[NH+]c2ccc([NH+]=C3C=CC(=[NH+]c4ccc(C)cc4)C=C3)cc2)C=C1.[CH3-].[CH3-].[CH3-].[CH3-].[CH3-].[CH3-]. The summed E-state index contributed by atoms with van der Waals surface area (Å²) in [7, 11) is 3.84. The van der Waals surface area contributed by atoms with Gasteiger partial charge in [-0.3, -0.25) is 0 Å². The van der Waals surface area contributed by atoms with Gasteiger partial charge in [-0.15, -0.1) is 0 Å². The number of nitrogens with one attached hydrogen (secondary N) is 8. The number of aryl methyl sites for hydroxylation is 2. The predicted octanol–water partition coefficient (Wildman–Crippen LogP) is 7.99. The molecule has 0 aromatic heterocycles. The molecule has 5 aromatic carbocycles. The van der Waals surface area contributed by atoms with Gasteiger partial charge in [0.1, 0.15) is 7.05 Å². The fraction of sp³-hybridized carbons (Fsp3) is 0.156. The Bertz CT molecular complexity index is 2610. The van der Waals surface area contributed by atoms with Crippen LogP contribution in [0.2, 0.25) is 0 Å². The van der Waals surface area contributed by atoms with E-state index in [9.17, 15) is 0 Å². The molecule has 0 spiro atoms. The summed E-state index contributed by atoms with van der Waals surface area (Å²) in [6.45, 7) is 4.18. The Balaban J connectivity index is -0.000000259. The summed E-state index contributed by atoms with van der Waals surface area (Å²) in [4.78, 5) is 20.3. The first kappa shape index (κ1) is 75.7. The molecule has 8 nitrogen and oxygen atoms in total. The number of benzene rings is 5. The second kappa shape index (κ2) is 38.0. The summed E-state index contributed by atoms with van der Waals surface area (Å²) in [6, 6.07) is 41.6. The van der Waals surface area contributed by atoms with E-state index in [1.807, 2.05) is 14.1 Å². The Morgan fingerprint density at radius 3 is 0.708 bits per heavy atom. The number of allylic oxidation sites excluding steroid dienone is 12. The second-order valence-electron chi connectivity index (χ2n) is 14.4. The van der Waals surface area contributed by atoms with Crippen molar-refractivity contribution in [3.05, 3.63) is 250 Å². The number of hydrogen-bond donors (Lipinski definition) is 8. The van der Waals surface area contributed by atoms with Crippen molar-refractivity contribution in [3.8, 4) is 0 Å². The largest absolute Gasteiger partial charge is 0.388 e. The van der Waals surface area contributed by atoms with Crippen LogP contribution in [0, 0.1) is 58.4 Å². The zero-order valence-electron chi connectivity index (χ0n) is 40.5. The van der Waals surface area contributed by atoms with E-state index < -0.39 is 0 Å². The topological polar surface area (TPSA) is 108 Å². The number of rotatable bonds is 8. The maximum Gasteiger partial charge on any atom is 0.204 e. The third kappa shape index (κ3) is 23.2. The molecule has 0 radical (unpaired) electrons. The van der Waals surface area contributed by atoms with Gasteiger partial charge in [-0.05, 0) is 50.2 Å². The highest BCUT2D eigenvalue weighted by Crippen LogP contribution is 2.19. The quantitative estimate of drug-likeness (QED) is 0.0597. The Morgan fingerprint density at radius 1 is 0.278 bits per heavy atom. The van der Waals surface area contributed by atoms with Crippen LogP contribution in [-0.4, -0.2) is 48.4 Å². The van der Waals surface area contributed by atoms with Crippen molar-refractivity contribution < 1.29 is 30.0 Å². The van der Waals surface area contributed by atoms with Crippen molar-refractivity contribution in [3.63, 3.8) is 0 Å². The molecule has 0 saturated carbocycles. The normalized spacial score (nSPS) is 11.4. The van der Waals surface area contributed by atoms with Gasteiger partial charge >= 0.3 is 0 Å². The first-order valence-corrected chi connectivity index (χ1v) is 20.1. The Morgan fingerprint density at radius 2 is 0.472 bits per heavy atom. The second-order valence-corrected chi connectivity index (χ2v) is 14.4. The van der Waals surface area contributed by atoms with Crippen LogP contribution < -0.4 is 40.6 Å². The minimum absolute atomic E-state index is 0. The minimum atomic E-state index is 0. The van der Waals surface area contributed by atoms with Crippen molar-refractivity contribution in [2.45, 2.75) is 58.4 Å². The lowest BCUT2D eigenvalue weighted by Gasteiger charge is -2.07. The molecule has 0 heterocycles. The molecule has 0 amide bonds. The molecule has 8 N–H and O–H groups in total. The van der Waals surface area contributed by atoms with Crippen LogP contribution in [0.4, 0.5) is 45.5 Å².